The van der Waals surface area contributed by atoms with Gasteiger partial charge in [0.05, 0.1) is 6.10 Å². The van der Waals surface area contributed by atoms with E-state index in [4.69, 9.17) is 15.2 Å². The molecule has 0 bridgehead atoms. The Kier molecular flexibility index (Phi) is 6.90. The Balaban J connectivity index is 0.00000208. The van der Waals surface area contributed by atoms with Gasteiger partial charge in [-0.2, -0.15) is 0 Å². The lowest BCUT2D eigenvalue weighted by Gasteiger charge is -2.21. The highest BCUT2D eigenvalue weighted by atomic mass is 35.5. The number of carbonyl (C=O) groups is 1. The molecule has 2 saturated heterocycles. The SMILES string of the molecule is CC1CC(CN)CN1C(=O)c1ccc(OCC2CCCO2)cc1.Cl. The summed E-state index contributed by atoms with van der Waals surface area (Å²) in [5.74, 6) is 1.29. The molecule has 3 rings (SSSR count). The van der Waals surface area contributed by atoms with Crippen molar-refractivity contribution in [3.05, 3.63) is 29.8 Å². The Hall–Kier alpha value is -1.30. The zero-order chi connectivity index (χ0) is 16.2. The fraction of sp³-hybridized carbons (Fsp3) is 0.611. The zero-order valence-electron chi connectivity index (χ0n) is 14.1. The van der Waals surface area contributed by atoms with Crippen molar-refractivity contribution in [2.75, 3.05) is 26.3 Å². The van der Waals surface area contributed by atoms with Crippen LogP contribution in [-0.4, -0.2) is 49.3 Å². The van der Waals surface area contributed by atoms with Gasteiger partial charge in [0.1, 0.15) is 12.4 Å². The fourth-order valence-electron chi connectivity index (χ4n) is 3.42. The minimum Gasteiger partial charge on any atom is -0.491 e. The van der Waals surface area contributed by atoms with E-state index in [1.807, 2.05) is 29.2 Å². The molecule has 0 aromatic heterocycles. The van der Waals surface area contributed by atoms with E-state index in [-0.39, 0.29) is 30.5 Å². The number of benzene rings is 1. The van der Waals surface area contributed by atoms with Gasteiger partial charge in [-0.25, -0.2) is 0 Å². The summed E-state index contributed by atoms with van der Waals surface area (Å²) in [7, 11) is 0. The lowest BCUT2D eigenvalue weighted by Crippen LogP contribution is -2.34. The summed E-state index contributed by atoms with van der Waals surface area (Å²) in [5.41, 5.74) is 6.44. The lowest BCUT2D eigenvalue weighted by atomic mass is 10.1. The zero-order valence-corrected chi connectivity index (χ0v) is 15.0. The van der Waals surface area contributed by atoms with E-state index in [1.54, 1.807) is 0 Å². The number of nitrogens with two attached hydrogens (primary N) is 1. The largest absolute Gasteiger partial charge is 0.491 e. The number of hydrogen-bond donors (Lipinski definition) is 1. The highest BCUT2D eigenvalue weighted by molar-refractivity contribution is 5.94. The van der Waals surface area contributed by atoms with E-state index in [0.29, 0.717) is 24.6 Å². The molecule has 5 nitrogen and oxygen atoms in total. The maximum atomic E-state index is 12.6. The van der Waals surface area contributed by atoms with Crippen LogP contribution in [0.1, 0.15) is 36.5 Å². The Bertz CT molecular complexity index is 532. The van der Waals surface area contributed by atoms with Crippen LogP contribution < -0.4 is 10.5 Å². The molecular weight excluding hydrogens is 328 g/mol. The molecule has 6 heteroatoms. The summed E-state index contributed by atoms with van der Waals surface area (Å²) in [4.78, 5) is 14.6. The molecule has 0 radical (unpaired) electrons. The highest BCUT2D eigenvalue weighted by Crippen LogP contribution is 2.25. The van der Waals surface area contributed by atoms with Gasteiger partial charge >= 0.3 is 0 Å². The number of halogens is 1. The third-order valence-corrected chi connectivity index (χ3v) is 4.82. The van der Waals surface area contributed by atoms with Crippen LogP contribution in [0.5, 0.6) is 5.75 Å². The molecular formula is C18H27ClN2O3. The maximum absolute atomic E-state index is 12.6. The van der Waals surface area contributed by atoms with Crippen LogP contribution >= 0.6 is 12.4 Å². The van der Waals surface area contributed by atoms with Gasteiger partial charge in [0.2, 0.25) is 0 Å². The van der Waals surface area contributed by atoms with Crippen LogP contribution in [0, 0.1) is 5.92 Å². The summed E-state index contributed by atoms with van der Waals surface area (Å²) in [5, 5.41) is 0. The first-order chi connectivity index (χ1) is 11.2. The summed E-state index contributed by atoms with van der Waals surface area (Å²) in [6.07, 6.45) is 3.37. The van der Waals surface area contributed by atoms with Crippen LogP contribution in [-0.2, 0) is 4.74 Å². The van der Waals surface area contributed by atoms with Crippen LogP contribution in [0.15, 0.2) is 24.3 Å². The molecule has 2 heterocycles. The predicted octanol–water partition coefficient (Wildman–Crippen LogP) is 2.48. The predicted molar refractivity (Wildman–Crippen MR) is 95.8 cm³/mol. The first-order valence-electron chi connectivity index (χ1n) is 8.53. The topological polar surface area (TPSA) is 64.8 Å². The van der Waals surface area contributed by atoms with Gasteiger partial charge in [0.25, 0.3) is 5.91 Å². The number of amides is 1. The molecule has 0 spiro atoms. The minimum absolute atomic E-state index is 0. The van der Waals surface area contributed by atoms with Crippen molar-refractivity contribution in [2.45, 2.75) is 38.3 Å². The van der Waals surface area contributed by atoms with E-state index in [9.17, 15) is 4.79 Å². The van der Waals surface area contributed by atoms with E-state index >= 15 is 0 Å². The molecule has 2 N–H and O–H groups in total. The Morgan fingerprint density at radius 1 is 1.38 bits per heavy atom. The van der Waals surface area contributed by atoms with Gasteiger partial charge in [0.15, 0.2) is 0 Å². The van der Waals surface area contributed by atoms with E-state index in [2.05, 4.69) is 6.92 Å². The smallest absolute Gasteiger partial charge is 0.254 e. The Morgan fingerprint density at radius 3 is 2.71 bits per heavy atom. The highest BCUT2D eigenvalue weighted by Gasteiger charge is 2.32. The van der Waals surface area contributed by atoms with Gasteiger partial charge in [0, 0.05) is 24.8 Å². The molecule has 1 aromatic rings. The number of ether oxygens (including phenoxy) is 2. The molecule has 2 fully saturated rings. The van der Waals surface area contributed by atoms with Gasteiger partial charge in [-0.15, -0.1) is 12.4 Å². The van der Waals surface area contributed by atoms with Crippen molar-refractivity contribution in [1.29, 1.82) is 0 Å². The summed E-state index contributed by atoms with van der Waals surface area (Å²) in [6.45, 7) is 4.90. The standard InChI is InChI=1S/C18H26N2O3.ClH/c1-13-9-14(10-19)11-20(13)18(21)15-4-6-16(7-5-15)23-12-17-3-2-8-22-17;/h4-7,13-14,17H,2-3,8-12,19H2,1H3;1H. The van der Waals surface area contributed by atoms with E-state index in [0.717, 1.165) is 38.2 Å². The van der Waals surface area contributed by atoms with Crippen molar-refractivity contribution in [1.82, 2.24) is 4.90 Å². The van der Waals surface area contributed by atoms with Crippen LogP contribution in [0.3, 0.4) is 0 Å². The van der Waals surface area contributed by atoms with Gasteiger partial charge in [-0.3, -0.25) is 4.79 Å². The third-order valence-electron chi connectivity index (χ3n) is 4.82. The molecule has 2 aliphatic rings. The van der Waals surface area contributed by atoms with Crippen molar-refractivity contribution in [2.24, 2.45) is 11.7 Å². The number of hydrogen-bond acceptors (Lipinski definition) is 4. The van der Waals surface area contributed by atoms with Crippen molar-refractivity contribution in [3.8, 4) is 5.75 Å². The second kappa shape index (κ2) is 8.70. The average molecular weight is 355 g/mol. The van der Waals surface area contributed by atoms with E-state index < -0.39 is 0 Å². The van der Waals surface area contributed by atoms with Gasteiger partial charge in [-0.05, 0) is 62.9 Å². The molecule has 134 valence electrons. The second-order valence-corrected chi connectivity index (χ2v) is 6.61. The first kappa shape index (κ1) is 19.0. The number of carbonyl (C=O) groups excluding carboxylic acids is 1. The first-order valence-corrected chi connectivity index (χ1v) is 8.53. The van der Waals surface area contributed by atoms with Crippen LogP contribution in [0.2, 0.25) is 0 Å². The molecule has 2 aliphatic heterocycles. The molecule has 24 heavy (non-hydrogen) atoms. The number of rotatable bonds is 5. The monoisotopic (exact) mass is 354 g/mol. The molecule has 0 saturated carbocycles. The second-order valence-electron chi connectivity index (χ2n) is 6.61. The van der Waals surface area contributed by atoms with Crippen LogP contribution in [0.4, 0.5) is 0 Å². The molecule has 3 unspecified atom stereocenters. The normalized spacial score (nSPS) is 26.2. The van der Waals surface area contributed by atoms with Gasteiger partial charge in [-0.1, -0.05) is 0 Å². The van der Waals surface area contributed by atoms with Gasteiger partial charge < -0.3 is 20.1 Å². The summed E-state index contributed by atoms with van der Waals surface area (Å²) in [6, 6.07) is 7.67. The molecule has 3 atom stereocenters. The van der Waals surface area contributed by atoms with Crippen LogP contribution in [0.25, 0.3) is 0 Å². The molecule has 1 amide bonds. The Morgan fingerprint density at radius 2 is 2.12 bits per heavy atom. The number of nitrogens with zero attached hydrogens (tertiary/aromatic N) is 1. The Labute approximate surface area is 149 Å². The third kappa shape index (κ3) is 4.41. The molecule has 0 aliphatic carbocycles. The van der Waals surface area contributed by atoms with E-state index in [1.165, 1.54) is 0 Å². The maximum Gasteiger partial charge on any atom is 0.254 e. The average Bonchev–Trinajstić information content (AvgIpc) is 3.22. The van der Waals surface area contributed by atoms with Crippen molar-refractivity contribution in [3.63, 3.8) is 0 Å². The fourth-order valence-corrected chi connectivity index (χ4v) is 3.42. The van der Waals surface area contributed by atoms with Crippen molar-refractivity contribution < 1.29 is 14.3 Å². The molecule has 1 aromatic carbocycles. The quantitative estimate of drug-likeness (QED) is 0.882. The minimum atomic E-state index is 0. The van der Waals surface area contributed by atoms with Crippen molar-refractivity contribution >= 4 is 18.3 Å². The summed E-state index contributed by atoms with van der Waals surface area (Å²) < 4.78 is 11.3. The lowest BCUT2D eigenvalue weighted by molar-refractivity contribution is 0.0678. The summed E-state index contributed by atoms with van der Waals surface area (Å²) >= 11 is 0. The number of likely N-dealkylation sites (tertiary alicyclic amines) is 1.